The van der Waals surface area contributed by atoms with Crippen LogP contribution in [0, 0.1) is 0 Å². The van der Waals surface area contributed by atoms with Crippen molar-refractivity contribution >= 4 is 11.0 Å². The van der Waals surface area contributed by atoms with Crippen LogP contribution in [-0.4, -0.2) is 19.3 Å². The van der Waals surface area contributed by atoms with Gasteiger partial charge in [0, 0.05) is 11.8 Å². The van der Waals surface area contributed by atoms with Crippen LogP contribution in [0.5, 0.6) is 0 Å². The Balaban J connectivity index is 1.65. The van der Waals surface area contributed by atoms with Crippen molar-refractivity contribution in [2.24, 2.45) is 0 Å². The molecule has 2 aromatic carbocycles. The molecule has 4 rings (SSSR count). The summed E-state index contributed by atoms with van der Waals surface area (Å²) >= 11 is 0. The molecule has 0 N–H and O–H groups in total. The number of aromatic nitrogens is 4. The fraction of sp³-hybridized carbons (Fsp3) is 0.0588. The second-order valence-electron chi connectivity index (χ2n) is 4.99. The van der Waals surface area contributed by atoms with Crippen molar-refractivity contribution in [3.63, 3.8) is 0 Å². The van der Waals surface area contributed by atoms with Gasteiger partial charge < -0.3 is 4.57 Å². The first-order valence-electron chi connectivity index (χ1n) is 6.89. The zero-order valence-corrected chi connectivity index (χ0v) is 11.4. The summed E-state index contributed by atoms with van der Waals surface area (Å²) in [4.78, 5) is 4.42. The predicted molar refractivity (Wildman–Crippen MR) is 82.4 cm³/mol. The van der Waals surface area contributed by atoms with Gasteiger partial charge in [-0.2, -0.15) is 5.10 Å². The monoisotopic (exact) mass is 274 g/mol. The third-order valence-electron chi connectivity index (χ3n) is 3.54. The highest BCUT2D eigenvalue weighted by Gasteiger charge is 2.05. The molecule has 0 aliphatic rings. The molecule has 2 aromatic heterocycles. The Morgan fingerprint density at radius 3 is 2.62 bits per heavy atom. The van der Waals surface area contributed by atoms with Gasteiger partial charge in [0.15, 0.2) is 0 Å². The Morgan fingerprint density at radius 2 is 1.71 bits per heavy atom. The number of hydrogen-bond acceptors (Lipinski definition) is 2. The molecular weight excluding hydrogens is 260 g/mol. The van der Waals surface area contributed by atoms with E-state index in [0.29, 0.717) is 0 Å². The molecule has 0 spiro atoms. The van der Waals surface area contributed by atoms with E-state index < -0.39 is 0 Å². The van der Waals surface area contributed by atoms with Gasteiger partial charge in [-0.25, -0.2) is 9.67 Å². The van der Waals surface area contributed by atoms with E-state index in [9.17, 15) is 0 Å². The minimum absolute atomic E-state index is 0.771. The van der Waals surface area contributed by atoms with Crippen molar-refractivity contribution in [2.75, 3.05) is 0 Å². The normalized spacial score (nSPS) is 11.0. The molecule has 0 unspecified atom stereocenters. The fourth-order valence-electron chi connectivity index (χ4n) is 2.50. The fourth-order valence-corrected chi connectivity index (χ4v) is 2.50. The summed E-state index contributed by atoms with van der Waals surface area (Å²) < 4.78 is 4.04. The average Bonchev–Trinajstić information content (AvgIpc) is 3.17. The number of para-hydroxylation sites is 3. The van der Waals surface area contributed by atoms with E-state index in [1.54, 1.807) is 0 Å². The summed E-state index contributed by atoms with van der Waals surface area (Å²) in [7, 11) is 0. The highest BCUT2D eigenvalue weighted by Crippen LogP contribution is 2.14. The Labute approximate surface area is 122 Å². The van der Waals surface area contributed by atoms with Gasteiger partial charge in [0.25, 0.3) is 0 Å². The maximum atomic E-state index is 4.43. The lowest BCUT2D eigenvalue weighted by Crippen LogP contribution is -1.97. The number of hydrogen-bond donors (Lipinski definition) is 0. The van der Waals surface area contributed by atoms with Crippen molar-refractivity contribution in [1.29, 1.82) is 0 Å². The second kappa shape index (κ2) is 4.90. The van der Waals surface area contributed by atoms with Gasteiger partial charge >= 0.3 is 0 Å². The van der Waals surface area contributed by atoms with Gasteiger partial charge in [-0.05, 0) is 24.3 Å². The molecule has 2 heterocycles. The number of imidazole rings is 1. The molecule has 0 saturated heterocycles. The van der Waals surface area contributed by atoms with E-state index in [1.807, 2.05) is 65.7 Å². The van der Waals surface area contributed by atoms with Crippen LogP contribution in [-0.2, 0) is 6.54 Å². The summed E-state index contributed by atoms with van der Waals surface area (Å²) in [6.07, 6.45) is 5.84. The maximum absolute atomic E-state index is 4.43. The van der Waals surface area contributed by atoms with Gasteiger partial charge in [0.05, 0.1) is 35.8 Å². The quantitative estimate of drug-likeness (QED) is 0.575. The van der Waals surface area contributed by atoms with Crippen molar-refractivity contribution in [3.8, 4) is 5.69 Å². The molecule has 0 amide bonds. The van der Waals surface area contributed by atoms with E-state index in [1.165, 1.54) is 0 Å². The molecule has 4 heteroatoms. The first-order chi connectivity index (χ1) is 10.4. The summed E-state index contributed by atoms with van der Waals surface area (Å²) in [6.45, 7) is 0.771. The molecule has 4 nitrogen and oxygen atoms in total. The predicted octanol–water partition coefficient (Wildman–Crippen LogP) is 3.27. The largest absolute Gasteiger partial charge is 0.326 e. The van der Waals surface area contributed by atoms with Crippen LogP contribution in [0.25, 0.3) is 16.7 Å². The Morgan fingerprint density at radius 1 is 0.905 bits per heavy atom. The Bertz CT molecular complexity index is 874. The number of benzene rings is 2. The third-order valence-corrected chi connectivity index (χ3v) is 3.54. The maximum Gasteiger partial charge on any atom is 0.0961 e. The summed E-state index contributed by atoms with van der Waals surface area (Å²) in [5.41, 5.74) is 4.39. The smallest absolute Gasteiger partial charge is 0.0961 e. The van der Waals surface area contributed by atoms with Crippen molar-refractivity contribution < 1.29 is 0 Å². The van der Waals surface area contributed by atoms with Crippen LogP contribution in [0.1, 0.15) is 5.56 Å². The van der Waals surface area contributed by atoms with Crippen molar-refractivity contribution in [2.45, 2.75) is 6.54 Å². The SMILES string of the molecule is c1ccc(-n2cc(Cn3cnc4ccccc43)cn2)cc1. The third kappa shape index (κ3) is 2.21. The highest BCUT2D eigenvalue weighted by molar-refractivity contribution is 5.75. The van der Waals surface area contributed by atoms with Gasteiger partial charge in [0.2, 0.25) is 0 Å². The topological polar surface area (TPSA) is 35.6 Å². The van der Waals surface area contributed by atoms with Crippen LogP contribution in [0.3, 0.4) is 0 Å². The minimum atomic E-state index is 0.771. The standard InChI is InChI=1S/C17H14N4/c1-2-6-15(7-3-1)21-12-14(10-19-21)11-20-13-18-16-8-4-5-9-17(16)20/h1-10,12-13H,11H2. The van der Waals surface area contributed by atoms with E-state index in [4.69, 9.17) is 0 Å². The highest BCUT2D eigenvalue weighted by atomic mass is 15.3. The van der Waals surface area contributed by atoms with Crippen LogP contribution < -0.4 is 0 Å². The lowest BCUT2D eigenvalue weighted by Gasteiger charge is -2.02. The van der Waals surface area contributed by atoms with E-state index in [2.05, 4.69) is 26.9 Å². The molecule has 0 radical (unpaired) electrons. The first-order valence-corrected chi connectivity index (χ1v) is 6.89. The molecule has 21 heavy (non-hydrogen) atoms. The molecular formula is C17H14N4. The van der Waals surface area contributed by atoms with Crippen LogP contribution >= 0.6 is 0 Å². The zero-order valence-electron chi connectivity index (χ0n) is 11.4. The Hall–Kier alpha value is -2.88. The van der Waals surface area contributed by atoms with Crippen LogP contribution in [0.2, 0.25) is 0 Å². The van der Waals surface area contributed by atoms with Crippen molar-refractivity contribution in [3.05, 3.63) is 78.9 Å². The summed E-state index contributed by atoms with van der Waals surface area (Å²) in [6, 6.07) is 18.3. The molecule has 4 aromatic rings. The Kier molecular flexibility index (Phi) is 2.78. The van der Waals surface area contributed by atoms with Gasteiger partial charge in [0.1, 0.15) is 0 Å². The summed E-state index contributed by atoms with van der Waals surface area (Å²) in [5.74, 6) is 0. The minimum Gasteiger partial charge on any atom is -0.326 e. The van der Waals surface area contributed by atoms with Gasteiger partial charge in [-0.15, -0.1) is 0 Å². The molecule has 0 fully saturated rings. The van der Waals surface area contributed by atoms with Gasteiger partial charge in [-0.1, -0.05) is 30.3 Å². The molecule has 0 bridgehead atoms. The van der Waals surface area contributed by atoms with E-state index in [-0.39, 0.29) is 0 Å². The molecule has 0 aliphatic heterocycles. The first kappa shape index (κ1) is 11.9. The zero-order chi connectivity index (χ0) is 14.1. The molecule has 0 atom stereocenters. The van der Waals surface area contributed by atoms with E-state index in [0.717, 1.165) is 28.8 Å². The number of nitrogens with zero attached hydrogens (tertiary/aromatic N) is 4. The lowest BCUT2D eigenvalue weighted by atomic mass is 10.3. The molecule has 0 saturated carbocycles. The van der Waals surface area contributed by atoms with E-state index >= 15 is 0 Å². The molecule has 0 aliphatic carbocycles. The molecule has 102 valence electrons. The number of fused-ring (bicyclic) bond motifs is 1. The van der Waals surface area contributed by atoms with Crippen LogP contribution in [0.15, 0.2) is 73.3 Å². The van der Waals surface area contributed by atoms with Gasteiger partial charge in [-0.3, -0.25) is 0 Å². The average molecular weight is 274 g/mol. The van der Waals surface area contributed by atoms with Crippen LogP contribution in [0.4, 0.5) is 0 Å². The second-order valence-corrected chi connectivity index (χ2v) is 4.99. The number of rotatable bonds is 3. The van der Waals surface area contributed by atoms with Crippen molar-refractivity contribution in [1.82, 2.24) is 19.3 Å². The lowest BCUT2D eigenvalue weighted by molar-refractivity contribution is 0.822. The summed E-state index contributed by atoms with van der Waals surface area (Å²) in [5, 5.41) is 4.43.